The molecule has 0 aliphatic carbocycles. The monoisotopic (exact) mass is 280 g/mol. The van der Waals surface area contributed by atoms with E-state index >= 15 is 0 Å². The molecule has 1 aliphatic heterocycles. The number of nitrogens with zero attached hydrogens (tertiary/aromatic N) is 3. The first-order valence-electron chi connectivity index (χ1n) is 6.60. The zero-order chi connectivity index (χ0) is 12.5. The molecule has 1 fully saturated rings. The second-order valence-electron chi connectivity index (χ2n) is 5.20. The Morgan fingerprint density at radius 3 is 2.84 bits per heavy atom. The highest BCUT2D eigenvalue weighted by Crippen LogP contribution is 2.20. The summed E-state index contributed by atoms with van der Waals surface area (Å²) < 4.78 is 2.20. The van der Waals surface area contributed by atoms with Gasteiger partial charge in [0.15, 0.2) is 0 Å². The summed E-state index contributed by atoms with van der Waals surface area (Å²) >= 11 is 0. The summed E-state index contributed by atoms with van der Waals surface area (Å²) in [4.78, 5) is 7.17. The minimum atomic E-state index is 0. The molecule has 0 radical (unpaired) electrons. The summed E-state index contributed by atoms with van der Waals surface area (Å²) in [5.41, 5.74) is 8.03. The Morgan fingerprint density at radius 2 is 2.16 bits per heavy atom. The molecule has 1 aliphatic rings. The molecule has 2 aromatic rings. The van der Waals surface area contributed by atoms with Gasteiger partial charge in [0, 0.05) is 13.6 Å². The average Bonchev–Trinajstić information content (AvgIpc) is 2.97. The lowest BCUT2D eigenvalue weighted by Gasteiger charge is -2.15. The fourth-order valence-electron chi connectivity index (χ4n) is 2.79. The Kier molecular flexibility index (Phi) is 4.45. The minimum Gasteiger partial charge on any atom is -0.330 e. The van der Waals surface area contributed by atoms with Crippen LogP contribution in [-0.4, -0.2) is 34.1 Å². The van der Waals surface area contributed by atoms with Gasteiger partial charge in [0.1, 0.15) is 5.82 Å². The van der Waals surface area contributed by atoms with Crippen LogP contribution in [0.5, 0.6) is 0 Å². The van der Waals surface area contributed by atoms with Crippen molar-refractivity contribution in [1.29, 1.82) is 0 Å². The van der Waals surface area contributed by atoms with Crippen LogP contribution in [0.3, 0.4) is 0 Å². The summed E-state index contributed by atoms with van der Waals surface area (Å²) in [5.74, 6) is 1.81. The molecule has 1 unspecified atom stereocenters. The number of benzene rings is 1. The molecule has 1 atom stereocenters. The lowest BCUT2D eigenvalue weighted by Crippen LogP contribution is -2.24. The van der Waals surface area contributed by atoms with Gasteiger partial charge in [-0.25, -0.2) is 4.98 Å². The van der Waals surface area contributed by atoms with Crippen LogP contribution in [0, 0.1) is 5.92 Å². The first kappa shape index (κ1) is 14.3. The summed E-state index contributed by atoms with van der Waals surface area (Å²) in [6, 6.07) is 8.30. The van der Waals surface area contributed by atoms with E-state index in [4.69, 9.17) is 10.7 Å². The lowest BCUT2D eigenvalue weighted by molar-refractivity contribution is 0.307. The number of halogens is 1. The molecular formula is C14H21ClN4. The van der Waals surface area contributed by atoms with Crippen LogP contribution in [0.2, 0.25) is 0 Å². The maximum Gasteiger partial charge on any atom is 0.123 e. The quantitative estimate of drug-likeness (QED) is 0.932. The number of rotatable bonds is 3. The number of fused-ring (bicyclic) bond motifs is 1. The Balaban J connectivity index is 0.00000133. The molecule has 0 saturated carbocycles. The van der Waals surface area contributed by atoms with Crippen molar-refractivity contribution < 1.29 is 0 Å². The van der Waals surface area contributed by atoms with Crippen LogP contribution < -0.4 is 5.73 Å². The zero-order valence-corrected chi connectivity index (χ0v) is 12.1. The first-order chi connectivity index (χ1) is 8.78. The molecule has 104 valence electrons. The van der Waals surface area contributed by atoms with Gasteiger partial charge < -0.3 is 10.3 Å². The smallest absolute Gasteiger partial charge is 0.123 e. The third-order valence-corrected chi connectivity index (χ3v) is 3.95. The van der Waals surface area contributed by atoms with Crippen molar-refractivity contribution in [3.05, 3.63) is 30.1 Å². The predicted octanol–water partition coefficient (Wildman–Crippen LogP) is 1.78. The van der Waals surface area contributed by atoms with E-state index in [-0.39, 0.29) is 12.4 Å². The number of nitrogens with two attached hydrogens (primary N) is 1. The summed E-state index contributed by atoms with van der Waals surface area (Å²) in [6.45, 7) is 3.99. The van der Waals surface area contributed by atoms with E-state index in [1.807, 2.05) is 6.07 Å². The number of likely N-dealkylation sites (tertiary alicyclic amines) is 1. The SMILES string of the molecule is Cl.Cn1c(CN2CCC(CN)C2)nc2ccccc21. The summed E-state index contributed by atoms with van der Waals surface area (Å²) in [7, 11) is 2.10. The molecule has 5 heteroatoms. The van der Waals surface area contributed by atoms with Gasteiger partial charge in [-0.1, -0.05) is 12.1 Å². The third-order valence-electron chi connectivity index (χ3n) is 3.95. The van der Waals surface area contributed by atoms with E-state index in [1.165, 1.54) is 11.9 Å². The Bertz CT molecular complexity index is 551. The van der Waals surface area contributed by atoms with Crippen molar-refractivity contribution >= 4 is 23.4 Å². The predicted molar refractivity (Wildman–Crippen MR) is 80.4 cm³/mol. The van der Waals surface area contributed by atoms with Crippen molar-refractivity contribution in [2.45, 2.75) is 13.0 Å². The van der Waals surface area contributed by atoms with Gasteiger partial charge in [0.2, 0.25) is 0 Å². The maximum atomic E-state index is 5.73. The van der Waals surface area contributed by atoms with Crippen LogP contribution in [0.1, 0.15) is 12.2 Å². The molecule has 2 N–H and O–H groups in total. The van der Waals surface area contributed by atoms with Crippen molar-refractivity contribution in [3.63, 3.8) is 0 Å². The van der Waals surface area contributed by atoms with Crippen molar-refractivity contribution in [3.8, 4) is 0 Å². The molecule has 3 rings (SSSR count). The molecule has 1 aromatic carbocycles. The van der Waals surface area contributed by atoms with Gasteiger partial charge in [-0.3, -0.25) is 4.90 Å². The third kappa shape index (κ3) is 2.76. The summed E-state index contributed by atoms with van der Waals surface area (Å²) in [5, 5.41) is 0. The molecule has 0 amide bonds. The second kappa shape index (κ2) is 5.90. The molecule has 0 bridgehead atoms. The van der Waals surface area contributed by atoms with Gasteiger partial charge in [0.05, 0.1) is 17.6 Å². The molecule has 1 saturated heterocycles. The van der Waals surface area contributed by atoms with E-state index in [2.05, 4.69) is 34.7 Å². The average molecular weight is 281 g/mol. The number of imidazole rings is 1. The Morgan fingerprint density at radius 1 is 1.37 bits per heavy atom. The lowest BCUT2D eigenvalue weighted by atomic mass is 10.1. The highest BCUT2D eigenvalue weighted by molar-refractivity contribution is 5.85. The number of hydrogen-bond acceptors (Lipinski definition) is 3. The van der Waals surface area contributed by atoms with E-state index in [9.17, 15) is 0 Å². The van der Waals surface area contributed by atoms with Gasteiger partial charge >= 0.3 is 0 Å². The van der Waals surface area contributed by atoms with Crippen LogP contribution in [0.15, 0.2) is 24.3 Å². The van der Waals surface area contributed by atoms with E-state index in [0.717, 1.165) is 37.5 Å². The molecule has 1 aromatic heterocycles. The van der Waals surface area contributed by atoms with Gasteiger partial charge in [-0.2, -0.15) is 0 Å². The largest absolute Gasteiger partial charge is 0.330 e. The van der Waals surface area contributed by atoms with Gasteiger partial charge in [-0.05, 0) is 37.6 Å². The van der Waals surface area contributed by atoms with Gasteiger partial charge in [-0.15, -0.1) is 12.4 Å². The van der Waals surface area contributed by atoms with Crippen molar-refractivity contribution in [2.75, 3.05) is 19.6 Å². The molecule has 19 heavy (non-hydrogen) atoms. The molecule has 0 spiro atoms. The Hall–Kier alpha value is -1.10. The number of aromatic nitrogens is 2. The highest BCUT2D eigenvalue weighted by Gasteiger charge is 2.22. The summed E-state index contributed by atoms with van der Waals surface area (Å²) in [6.07, 6.45) is 1.22. The number of aryl methyl sites for hydroxylation is 1. The zero-order valence-electron chi connectivity index (χ0n) is 11.2. The molecular weight excluding hydrogens is 260 g/mol. The number of para-hydroxylation sites is 2. The van der Waals surface area contributed by atoms with Crippen LogP contribution in [0.4, 0.5) is 0 Å². The van der Waals surface area contributed by atoms with Crippen LogP contribution in [0.25, 0.3) is 11.0 Å². The fourth-order valence-corrected chi connectivity index (χ4v) is 2.79. The standard InChI is InChI=1S/C14H20N4.ClH/c1-17-13-5-3-2-4-12(13)16-14(17)10-18-7-6-11(8-15)9-18;/h2-5,11H,6-10,15H2,1H3;1H. The second-order valence-corrected chi connectivity index (χ2v) is 5.20. The minimum absolute atomic E-state index is 0. The van der Waals surface area contributed by atoms with Crippen molar-refractivity contribution in [1.82, 2.24) is 14.5 Å². The maximum absolute atomic E-state index is 5.73. The number of hydrogen-bond donors (Lipinski definition) is 1. The highest BCUT2D eigenvalue weighted by atomic mass is 35.5. The normalized spacial score (nSPS) is 19.8. The molecule has 2 heterocycles. The van der Waals surface area contributed by atoms with E-state index in [0.29, 0.717) is 5.92 Å². The van der Waals surface area contributed by atoms with Crippen LogP contribution in [-0.2, 0) is 13.6 Å². The van der Waals surface area contributed by atoms with E-state index < -0.39 is 0 Å². The first-order valence-corrected chi connectivity index (χ1v) is 6.60. The molecule has 4 nitrogen and oxygen atoms in total. The van der Waals surface area contributed by atoms with E-state index in [1.54, 1.807) is 0 Å². The topological polar surface area (TPSA) is 47.1 Å². The Labute approximate surface area is 120 Å². The van der Waals surface area contributed by atoms with Gasteiger partial charge in [0.25, 0.3) is 0 Å². The fraction of sp³-hybridized carbons (Fsp3) is 0.500. The van der Waals surface area contributed by atoms with Crippen LogP contribution >= 0.6 is 12.4 Å². The van der Waals surface area contributed by atoms with Crippen molar-refractivity contribution in [2.24, 2.45) is 18.7 Å².